The molecule has 1 heterocycles. The Morgan fingerprint density at radius 1 is 1.44 bits per heavy atom. The van der Waals surface area contributed by atoms with E-state index < -0.39 is 5.97 Å². The predicted molar refractivity (Wildman–Crippen MR) is 72.3 cm³/mol. The van der Waals surface area contributed by atoms with E-state index in [4.69, 9.17) is 4.74 Å². The topological polar surface area (TPSA) is 59.4 Å². The Morgan fingerprint density at radius 2 is 2.11 bits per heavy atom. The molecule has 1 N–H and O–H groups in total. The van der Waals surface area contributed by atoms with Gasteiger partial charge in [-0.15, -0.1) is 11.3 Å². The molecule has 0 saturated carbocycles. The standard InChI is InChI=1S/C13H21NO3S/c1-5-10(17-6-2)12-14-9(7-8(3)4)11(18-12)13(15)16/h8,10H,5-7H2,1-4H3,(H,15,16). The Balaban J connectivity index is 3.04. The monoisotopic (exact) mass is 271 g/mol. The molecule has 1 unspecified atom stereocenters. The predicted octanol–water partition coefficient (Wildman–Crippen LogP) is 3.53. The van der Waals surface area contributed by atoms with E-state index in [1.807, 2.05) is 13.8 Å². The molecule has 0 aliphatic heterocycles. The molecule has 4 nitrogen and oxygen atoms in total. The van der Waals surface area contributed by atoms with Crippen molar-refractivity contribution in [3.63, 3.8) is 0 Å². The molecule has 5 heteroatoms. The molecule has 0 aliphatic carbocycles. The lowest BCUT2D eigenvalue weighted by Crippen LogP contribution is -2.04. The molecule has 0 radical (unpaired) electrons. The van der Waals surface area contributed by atoms with Crippen LogP contribution in [0.15, 0.2) is 0 Å². The lowest BCUT2D eigenvalue weighted by molar-refractivity contribution is 0.0595. The Labute approximate surface area is 112 Å². The molecule has 18 heavy (non-hydrogen) atoms. The van der Waals surface area contributed by atoms with E-state index in [2.05, 4.69) is 18.8 Å². The van der Waals surface area contributed by atoms with Gasteiger partial charge < -0.3 is 9.84 Å². The molecule has 1 atom stereocenters. The summed E-state index contributed by atoms with van der Waals surface area (Å²) in [6.45, 7) is 8.68. The average Bonchev–Trinajstić information content (AvgIpc) is 2.68. The normalized spacial score (nSPS) is 12.9. The fourth-order valence-corrected chi connectivity index (χ4v) is 2.83. The van der Waals surface area contributed by atoms with E-state index in [-0.39, 0.29) is 6.10 Å². The van der Waals surface area contributed by atoms with Crippen LogP contribution in [-0.2, 0) is 11.2 Å². The quantitative estimate of drug-likeness (QED) is 0.824. The van der Waals surface area contributed by atoms with Crippen molar-refractivity contribution in [3.05, 3.63) is 15.6 Å². The molecule has 0 bridgehead atoms. The van der Waals surface area contributed by atoms with Crippen LogP contribution in [0.25, 0.3) is 0 Å². The number of nitrogens with zero attached hydrogens (tertiary/aromatic N) is 1. The smallest absolute Gasteiger partial charge is 0.347 e. The van der Waals surface area contributed by atoms with Crippen LogP contribution in [0.2, 0.25) is 0 Å². The number of carboxylic acid groups (broad SMARTS) is 1. The summed E-state index contributed by atoms with van der Waals surface area (Å²) in [4.78, 5) is 16.0. The van der Waals surface area contributed by atoms with Gasteiger partial charge in [0.15, 0.2) is 0 Å². The molecule has 1 aromatic rings. The SMILES string of the molecule is CCOC(CC)c1nc(CC(C)C)c(C(=O)O)s1. The van der Waals surface area contributed by atoms with Crippen molar-refractivity contribution < 1.29 is 14.6 Å². The fourth-order valence-electron chi connectivity index (χ4n) is 1.76. The van der Waals surface area contributed by atoms with Crippen molar-refractivity contribution in [3.8, 4) is 0 Å². The molecule has 1 aromatic heterocycles. The Bertz CT molecular complexity index is 401. The van der Waals surface area contributed by atoms with E-state index in [1.165, 1.54) is 11.3 Å². The summed E-state index contributed by atoms with van der Waals surface area (Å²) in [5.41, 5.74) is 0.690. The molecular weight excluding hydrogens is 250 g/mol. The maximum absolute atomic E-state index is 11.2. The third-order valence-electron chi connectivity index (χ3n) is 2.52. The summed E-state index contributed by atoms with van der Waals surface area (Å²) in [6.07, 6.45) is 1.42. The number of thiazole rings is 1. The molecule has 102 valence electrons. The maximum atomic E-state index is 11.2. The van der Waals surface area contributed by atoms with Gasteiger partial charge in [0.05, 0.1) is 5.69 Å². The largest absolute Gasteiger partial charge is 0.477 e. The Morgan fingerprint density at radius 3 is 2.56 bits per heavy atom. The highest BCUT2D eigenvalue weighted by Gasteiger charge is 2.22. The maximum Gasteiger partial charge on any atom is 0.347 e. The Hall–Kier alpha value is -0.940. The number of hydrogen-bond acceptors (Lipinski definition) is 4. The minimum absolute atomic E-state index is 0.0842. The summed E-state index contributed by atoms with van der Waals surface area (Å²) in [7, 11) is 0. The summed E-state index contributed by atoms with van der Waals surface area (Å²) in [5, 5.41) is 9.99. The number of carbonyl (C=O) groups is 1. The molecule has 0 spiro atoms. The van der Waals surface area contributed by atoms with Gasteiger partial charge in [-0.3, -0.25) is 0 Å². The zero-order valence-corrected chi connectivity index (χ0v) is 12.2. The van der Waals surface area contributed by atoms with Crippen LogP contribution in [-0.4, -0.2) is 22.7 Å². The van der Waals surface area contributed by atoms with Crippen LogP contribution in [0.1, 0.15) is 60.6 Å². The van der Waals surface area contributed by atoms with Crippen molar-refractivity contribution in [1.29, 1.82) is 0 Å². The molecular formula is C13H21NO3S. The lowest BCUT2D eigenvalue weighted by atomic mass is 10.1. The summed E-state index contributed by atoms with van der Waals surface area (Å²) in [5.74, 6) is -0.494. The van der Waals surface area contributed by atoms with Gasteiger partial charge in [-0.05, 0) is 25.7 Å². The highest BCUT2D eigenvalue weighted by atomic mass is 32.1. The zero-order valence-electron chi connectivity index (χ0n) is 11.4. The zero-order chi connectivity index (χ0) is 13.7. The van der Waals surface area contributed by atoms with E-state index in [1.54, 1.807) is 0 Å². The van der Waals surface area contributed by atoms with Gasteiger partial charge in [0.25, 0.3) is 0 Å². The number of hydrogen-bond donors (Lipinski definition) is 1. The second-order valence-electron chi connectivity index (χ2n) is 4.58. The van der Waals surface area contributed by atoms with Gasteiger partial charge in [0.2, 0.25) is 0 Å². The molecule has 0 aromatic carbocycles. The number of ether oxygens (including phenoxy) is 1. The average molecular weight is 271 g/mol. The first kappa shape index (κ1) is 15.1. The number of rotatable bonds is 7. The third kappa shape index (κ3) is 3.78. The van der Waals surface area contributed by atoms with Gasteiger partial charge >= 0.3 is 5.97 Å². The lowest BCUT2D eigenvalue weighted by Gasteiger charge is -2.11. The second-order valence-corrected chi connectivity index (χ2v) is 5.61. The van der Waals surface area contributed by atoms with E-state index in [9.17, 15) is 9.90 Å². The van der Waals surface area contributed by atoms with Gasteiger partial charge in [-0.25, -0.2) is 9.78 Å². The van der Waals surface area contributed by atoms with Crippen molar-refractivity contribution in [1.82, 2.24) is 4.98 Å². The highest BCUT2D eigenvalue weighted by molar-refractivity contribution is 7.13. The highest BCUT2D eigenvalue weighted by Crippen LogP contribution is 2.29. The minimum Gasteiger partial charge on any atom is -0.477 e. The summed E-state index contributed by atoms with van der Waals surface area (Å²) < 4.78 is 5.59. The van der Waals surface area contributed by atoms with E-state index in [0.717, 1.165) is 11.4 Å². The first-order valence-corrected chi connectivity index (χ1v) is 7.15. The molecule has 1 rings (SSSR count). The van der Waals surface area contributed by atoms with Crippen LogP contribution in [0, 0.1) is 5.92 Å². The van der Waals surface area contributed by atoms with Crippen molar-refractivity contribution in [2.45, 2.75) is 46.6 Å². The van der Waals surface area contributed by atoms with Gasteiger partial charge in [0.1, 0.15) is 16.0 Å². The van der Waals surface area contributed by atoms with Gasteiger partial charge in [-0.1, -0.05) is 20.8 Å². The Kier molecular flexibility index (Phi) is 5.75. The van der Waals surface area contributed by atoms with Crippen LogP contribution < -0.4 is 0 Å². The van der Waals surface area contributed by atoms with E-state index in [0.29, 0.717) is 29.5 Å². The van der Waals surface area contributed by atoms with Gasteiger partial charge in [-0.2, -0.15) is 0 Å². The van der Waals surface area contributed by atoms with Crippen molar-refractivity contribution in [2.75, 3.05) is 6.61 Å². The van der Waals surface area contributed by atoms with Crippen LogP contribution in [0.4, 0.5) is 0 Å². The summed E-state index contributed by atoms with van der Waals surface area (Å²) in [6, 6.07) is 0. The third-order valence-corrected chi connectivity index (χ3v) is 3.70. The van der Waals surface area contributed by atoms with Crippen LogP contribution in [0.5, 0.6) is 0 Å². The van der Waals surface area contributed by atoms with Gasteiger partial charge in [0, 0.05) is 6.61 Å². The number of aromatic nitrogens is 1. The summed E-state index contributed by atoms with van der Waals surface area (Å²) >= 11 is 1.25. The van der Waals surface area contributed by atoms with Crippen molar-refractivity contribution >= 4 is 17.3 Å². The first-order valence-electron chi connectivity index (χ1n) is 6.34. The second kappa shape index (κ2) is 6.85. The minimum atomic E-state index is -0.888. The van der Waals surface area contributed by atoms with E-state index >= 15 is 0 Å². The number of carboxylic acids is 1. The molecule has 0 fully saturated rings. The molecule has 0 amide bonds. The van der Waals surface area contributed by atoms with Crippen molar-refractivity contribution in [2.24, 2.45) is 5.92 Å². The molecule has 0 saturated heterocycles. The van der Waals surface area contributed by atoms with Crippen LogP contribution in [0.3, 0.4) is 0 Å². The fraction of sp³-hybridized carbons (Fsp3) is 0.692. The first-order chi connectivity index (χ1) is 8.49. The van der Waals surface area contributed by atoms with Crippen LogP contribution >= 0.6 is 11.3 Å². The number of aromatic carboxylic acids is 1. The molecule has 0 aliphatic rings.